The number of nitrogens with one attached hydrogen (secondary N) is 1. The molecular weight excluding hydrogens is 318 g/mol. The van der Waals surface area contributed by atoms with E-state index in [2.05, 4.69) is 5.32 Å². The average Bonchev–Trinajstić information content (AvgIpc) is 2.89. The van der Waals surface area contributed by atoms with Gasteiger partial charge in [0.2, 0.25) is 0 Å². The van der Waals surface area contributed by atoms with Crippen LogP contribution in [0.2, 0.25) is 0 Å². The lowest BCUT2D eigenvalue weighted by Crippen LogP contribution is -2.41. The van der Waals surface area contributed by atoms with E-state index in [4.69, 9.17) is 4.74 Å². The highest BCUT2D eigenvalue weighted by atomic mass is 16.5. The quantitative estimate of drug-likeness (QED) is 0.467. The van der Waals surface area contributed by atoms with Gasteiger partial charge in [-0.3, -0.25) is 14.4 Å². The van der Waals surface area contributed by atoms with E-state index in [1.807, 2.05) is 6.07 Å². The molecule has 1 aromatic carbocycles. The zero-order chi connectivity index (χ0) is 18.1. The van der Waals surface area contributed by atoms with Gasteiger partial charge in [-0.15, -0.1) is 0 Å². The number of rotatable bonds is 7. The van der Waals surface area contributed by atoms with Crippen LogP contribution in [0.4, 0.5) is 0 Å². The summed E-state index contributed by atoms with van der Waals surface area (Å²) >= 11 is 0. The zero-order valence-corrected chi connectivity index (χ0v) is 14.8. The Balaban J connectivity index is 1.71. The van der Waals surface area contributed by atoms with E-state index in [1.165, 1.54) is 12.8 Å². The molecule has 2 rings (SSSR count). The van der Waals surface area contributed by atoms with Crippen molar-refractivity contribution in [1.82, 2.24) is 5.32 Å². The lowest BCUT2D eigenvalue weighted by atomic mass is 10.1. The Morgan fingerprint density at radius 3 is 2.32 bits per heavy atom. The molecule has 1 aliphatic rings. The third-order valence-corrected chi connectivity index (χ3v) is 4.53. The number of esters is 1. The van der Waals surface area contributed by atoms with Gasteiger partial charge in [0.15, 0.2) is 11.9 Å². The summed E-state index contributed by atoms with van der Waals surface area (Å²) in [5.74, 6) is -0.879. The van der Waals surface area contributed by atoms with Crippen LogP contribution in [0.25, 0.3) is 0 Å². The van der Waals surface area contributed by atoms with E-state index in [-0.39, 0.29) is 30.6 Å². The van der Waals surface area contributed by atoms with Crippen LogP contribution in [0.3, 0.4) is 0 Å². The molecule has 5 nitrogen and oxygen atoms in total. The predicted octanol–water partition coefficient (Wildman–Crippen LogP) is 3.42. The van der Waals surface area contributed by atoms with Crippen molar-refractivity contribution in [1.29, 1.82) is 0 Å². The second kappa shape index (κ2) is 9.97. The number of ketones is 1. The van der Waals surface area contributed by atoms with E-state index in [0.717, 1.165) is 25.7 Å². The van der Waals surface area contributed by atoms with E-state index in [9.17, 15) is 14.4 Å². The number of amides is 1. The molecule has 0 aromatic heterocycles. The monoisotopic (exact) mass is 345 g/mol. The third kappa shape index (κ3) is 6.69. The Morgan fingerprint density at radius 2 is 1.68 bits per heavy atom. The normalized spacial score (nSPS) is 16.5. The molecule has 1 fully saturated rings. The first-order chi connectivity index (χ1) is 12.1. The molecule has 0 aliphatic heterocycles. The molecule has 0 saturated heterocycles. The van der Waals surface area contributed by atoms with E-state index < -0.39 is 12.1 Å². The minimum Gasteiger partial charge on any atom is -0.453 e. The van der Waals surface area contributed by atoms with Crippen LogP contribution in [-0.2, 0) is 14.3 Å². The molecular formula is C20H27NO4. The zero-order valence-electron chi connectivity index (χ0n) is 14.8. The first-order valence-corrected chi connectivity index (χ1v) is 9.14. The molecule has 0 radical (unpaired) electrons. The van der Waals surface area contributed by atoms with Gasteiger partial charge < -0.3 is 10.1 Å². The van der Waals surface area contributed by atoms with E-state index in [1.54, 1.807) is 31.2 Å². The van der Waals surface area contributed by atoms with Crippen LogP contribution >= 0.6 is 0 Å². The van der Waals surface area contributed by atoms with Crippen LogP contribution in [0.5, 0.6) is 0 Å². The summed E-state index contributed by atoms with van der Waals surface area (Å²) in [7, 11) is 0. The average molecular weight is 345 g/mol. The van der Waals surface area contributed by atoms with Gasteiger partial charge >= 0.3 is 5.97 Å². The topological polar surface area (TPSA) is 72.5 Å². The number of hydrogen-bond acceptors (Lipinski definition) is 4. The second-order valence-corrected chi connectivity index (χ2v) is 6.62. The van der Waals surface area contributed by atoms with Gasteiger partial charge in [0.1, 0.15) is 0 Å². The van der Waals surface area contributed by atoms with Crippen LogP contribution in [0.1, 0.15) is 68.6 Å². The highest BCUT2D eigenvalue weighted by molar-refractivity contribution is 5.97. The first kappa shape index (κ1) is 19.2. The summed E-state index contributed by atoms with van der Waals surface area (Å²) in [6, 6.07) is 9.01. The Morgan fingerprint density at radius 1 is 1.04 bits per heavy atom. The van der Waals surface area contributed by atoms with Gasteiger partial charge in [0.25, 0.3) is 5.91 Å². The van der Waals surface area contributed by atoms with Crippen LogP contribution in [0.15, 0.2) is 30.3 Å². The number of carbonyl (C=O) groups is 3. The Hall–Kier alpha value is -2.17. The molecule has 1 N–H and O–H groups in total. The van der Waals surface area contributed by atoms with Crippen LogP contribution < -0.4 is 5.32 Å². The minimum atomic E-state index is -0.831. The Kier molecular flexibility index (Phi) is 7.64. The van der Waals surface area contributed by atoms with Gasteiger partial charge in [-0.25, -0.2) is 0 Å². The van der Waals surface area contributed by atoms with Gasteiger partial charge in [-0.1, -0.05) is 56.0 Å². The maximum absolute atomic E-state index is 12.2. The lowest BCUT2D eigenvalue weighted by Gasteiger charge is -2.19. The molecule has 5 heteroatoms. The smallest absolute Gasteiger partial charge is 0.307 e. The molecule has 1 saturated carbocycles. The van der Waals surface area contributed by atoms with Crippen LogP contribution in [-0.4, -0.2) is 29.8 Å². The van der Waals surface area contributed by atoms with Crippen molar-refractivity contribution in [2.75, 3.05) is 0 Å². The Bertz CT molecular complexity index is 577. The molecule has 0 spiro atoms. The largest absolute Gasteiger partial charge is 0.453 e. The molecule has 0 heterocycles. The number of benzene rings is 1. The summed E-state index contributed by atoms with van der Waals surface area (Å²) in [4.78, 5) is 36.0. The van der Waals surface area contributed by atoms with Gasteiger partial charge in [-0.2, -0.15) is 0 Å². The van der Waals surface area contributed by atoms with Crippen molar-refractivity contribution in [2.45, 2.75) is 70.4 Å². The molecule has 1 aliphatic carbocycles. The second-order valence-electron chi connectivity index (χ2n) is 6.62. The fourth-order valence-corrected chi connectivity index (χ4v) is 3.04. The lowest BCUT2D eigenvalue weighted by molar-refractivity contribution is -0.155. The molecule has 1 amide bonds. The Labute approximate surface area is 149 Å². The standard InChI is InChI=1S/C20H27NO4/c1-15(20(24)21-17-11-7-2-3-8-12-17)25-19(23)14-13-18(22)16-9-5-4-6-10-16/h4-6,9-10,15,17H,2-3,7-8,11-14H2,1H3,(H,21,24)/t15-/m0/s1. The highest BCUT2D eigenvalue weighted by Gasteiger charge is 2.22. The fraction of sp³-hybridized carbons (Fsp3) is 0.550. The number of hydrogen-bond donors (Lipinski definition) is 1. The molecule has 1 aromatic rings. The van der Waals surface area contributed by atoms with E-state index >= 15 is 0 Å². The number of Topliss-reactive ketones (excluding diaryl/α,β-unsaturated/α-hetero) is 1. The van der Waals surface area contributed by atoms with Crippen molar-refractivity contribution < 1.29 is 19.1 Å². The molecule has 25 heavy (non-hydrogen) atoms. The highest BCUT2D eigenvalue weighted by Crippen LogP contribution is 2.17. The number of carbonyl (C=O) groups excluding carboxylic acids is 3. The van der Waals surface area contributed by atoms with Crippen LogP contribution in [0, 0.1) is 0 Å². The maximum atomic E-state index is 12.2. The minimum absolute atomic E-state index is 0.0191. The predicted molar refractivity (Wildman–Crippen MR) is 95.2 cm³/mol. The number of ether oxygens (including phenoxy) is 1. The summed E-state index contributed by atoms with van der Waals surface area (Å²) in [5.41, 5.74) is 0.578. The molecule has 0 unspecified atom stereocenters. The van der Waals surface area contributed by atoms with Crippen molar-refractivity contribution >= 4 is 17.7 Å². The van der Waals surface area contributed by atoms with E-state index in [0.29, 0.717) is 5.56 Å². The van der Waals surface area contributed by atoms with Crippen molar-refractivity contribution in [3.05, 3.63) is 35.9 Å². The summed E-state index contributed by atoms with van der Waals surface area (Å²) in [6.45, 7) is 1.57. The molecule has 1 atom stereocenters. The fourth-order valence-electron chi connectivity index (χ4n) is 3.04. The summed E-state index contributed by atoms with van der Waals surface area (Å²) in [6.07, 6.45) is 5.88. The summed E-state index contributed by atoms with van der Waals surface area (Å²) < 4.78 is 5.17. The van der Waals surface area contributed by atoms with Gasteiger partial charge in [0.05, 0.1) is 6.42 Å². The maximum Gasteiger partial charge on any atom is 0.307 e. The van der Waals surface area contributed by atoms with Crippen molar-refractivity contribution in [3.8, 4) is 0 Å². The third-order valence-electron chi connectivity index (χ3n) is 4.53. The van der Waals surface area contributed by atoms with Gasteiger partial charge in [-0.05, 0) is 19.8 Å². The van der Waals surface area contributed by atoms with Crippen molar-refractivity contribution in [2.24, 2.45) is 0 Å². The first-order valence-electron chi connectivity index (χ1n) is 9.14. The molecule has 136 valence electrons. The van der Waals surface area contributed by atoms with Crippen molar-refractivity contribution in [3.63, 3.8) is 0 Å². The van der Waals surface area contributed by atoms with Gasteiger partial charge in [0, 0.05) is 18.0 Å². The molecule has 0 bridgehead atoms. The summed E-state index contributed by atoms with van der Waals surface area (Å²) in [5, 5.41) is 2.97. The SMILES string of the molecule is C[C@H](OC(=O)CCC(=O)c1ccccc1)C(=O)NC1CCCCCC1.